The van der Waals surface area contributed by atoms with E-state index in [9.17, 15) is 17.6 Å². The summed E-state index contributed by atoms with van der Waals surface area (Å²) >= 11 is 11.8. The van der Waals surface area contributed by atoms with Crippen LogP contribution in [-0.4, -0.2) is 46.6 Å². The number of amides is 1. The van der Waals surface area contributed by atoms with Crippen LogP contribution in [-0.2, 0) is 21.4 Å². The molecule has 0 saturated heterocycles. The molecule has 35 heavy (non-hydrogen) atoms. The minimum atomic E-state index is -4.27. The summed E-state index contributed by atoms with van der Waals surface area (Å²) in [4.78, 5) is 14.3. The summed E-state index contributed by atoms with van der Waals surface area (Å²) in [6, 6.07) is 13.8. The molecule has 0 aliphatic carbocycles. The summed E-state index contributed by atoms with van der Waals surface area (Å²) in [6.45, 7) is 0.536. The molecule has 0 atom stereocenters. The lowest BCUT2D eigenvalue weighted by atomic mass is 10.1. The molecule has 0 radical (unpaired) electrons. The first kappa shape index (κ1) is 26.7. The minimum Gasteiger partial charge on any atom is -0.493 e. The number of carbonyl (C=O) groups excluding carboxylic acids is 1. The first-order valence-corrected chi connectivity index (χ1v) is 12.4. The van der Waals surface area contributed by atoms with Crippen LogP contribution in [0.15, 0.2) is 65.6 Å². The Hall–Kier alpha value is -2.85. The van der Waals surface area contributed by atoms with Crippen molar-refractivity contribution in [3.05, 3.63) is 87.7 Å². The van der Waals surface area contributed by atoms with E-state index in [0.29, 0.717) is 5.56 Å². The molecule has 3 aromatic rings. The van der Waals surface area contributed by atoms with Gasteiger partial charge in [-0.25, -0.2) is 4.39 Å². The number of carbonyl (C=O) groups is 1. The second-order valence-electron chi connectivity index (χ2n) is 7.33. The van der Waals surface area contributed by atoms with Gasteiger partial charge in [0.25, 0.3) is 5.91 Å². The van der Waals surface area contributed by atoms with E-state index in [1.807, 2.05) is 0 Å². The second-order valence-corrected chi connectivity index (χ2v) is 9.69. The molecular weight excluding hydrogens is 520 g/mol. The van der Waals surface area contributed by atoms with Crippen LogP contribution in [0.2, 0.25) is 10.0 Å². The van der Waals surface area contributed by atoms with Gasteiger partial charge in [0.05, 0.1) is 23.8 Å². The third kappa shape index (κ3) is 6.85. The molecule has 0 N–H and O–H groups in total. The zero-order chi connectivity index (χ0) is 25.6. The van der Waals surface area contributed by atoms with Gasteiger partial charge in [0.15, 0.2) is 11.5 Å². The molecule has 1 amide bonds. The van der Waals surface area contributed by atoms with Gasteiger partial charge in [-0.3, -0.25) is 4.79 Å². The van der Waals surface area contributed by atoms with Gasteiger partial charge < -0.3 is 18.6 Å². The number of rotatable bonds is 10. The van der Waals surface area contributed by atoms with Gasteiger partial charge in [0.1, 0.15) is 10.7 Å². The van der Waals surface area contributed by atoms with E-state index in [1.165, 1.54) is 67.7 Å². The van der Waals surface area contributed by atoms with Gasteiger partial charge in [0, 0.05) is 25.8 Å². The maximum absolute atomic E-state index is 13.7. The maximum atomic E-state index is 13.7. The van der Waals surface area contributed by atoms with Crippen LogP contribution < -0.4 is 8.92 Å². The minimum absolute atomic E-state index is 0.0571. The van der Waals surface area contributed by atoms with Crippen molar-refractivity contribution in [2.24, 2.45) is 0 Å². The fourth-order valence-electron chi connectivity index (χ4n) is 3.16. The van der Waals surface area contributed by atoms with Crippen molar-refractivity contribution in [3.8, 4) is 11.5 Å². The Bertz CT molecular complexity index is 1320. The highest BCUT2D eigenvalue weighted by Gasteiger charge is 2.22. The van der Waals surface area contributed by atoms with E-state index < -0.39 is 21.8 Å². The Morgan fingerprint density at radius 3 is 2.40 bits per heavy atom. The Labute approximate surface area is 213 Å². The molecule has 0 bridgehead atoms. The Morgan fingerprint density at radius 2 is 1.74 bits per heavy atom. The summed E-state index contributed by atoms with van der Waals surface area (Å²) in [6.07, 6.45) is 0. The van der Waals surface area contributed by atoms with Gasteiger partial charge in [-0.05, 0) is 54.1 Å². The van der Waals surface area contributed by atoms with E-state index in [0.717, 1.165) is 6.07 Å². The lowest BCUT2D eigenvalue weighted by Crippen LogP contribution is -2.33. The summed E-state index contributed by atoms with van der Waals surface area (Å²) in [5, 5.41) is 0.256. The molecule has 0 aliphatic heterocycles. The fourth-order valence-corrected chi connectivity index (χ4v) is 4.48. The van der Waals surface area contributed by atoms with Crippen molar-refractivity contribution in [1.82, 2.24) is 4.90 Å². The predicted molar refractivity (Wildman–Crippen MR) is 130 cm³/mol. The van der Waals surface area contributed by atoms with Crippen molar-refractivity contribution >= 4 is 39.2 Å². The highest BCUT2D eigenvalue weighted by molar-refractivity contribution is 7.87. The molecule has 7 nitrogen and oxygen atoms in total. The van der Waals surface area contributed by atoms with E-state index in [1.54, 1.807) is 6.07 Å². The third-order valence-electron chi connectivity index (χ3n) is 4.90. The molecule has 0 saturated carbocycles. The number of nitrogens with zero attached hydrogens (tertiary/aromatic N) is 1. The molecule has 0 unspecified atom stereocenters. The van der Waals surface area contributed by atoms with Crippen LogP contribution in [0.5, 0.6) is 11.5 Å². The molecule has 186 valence electrons. The van der Waals surface area contributed by atoms with Crippen LogP contribution in [0.25, 0.3) is 0 Å². The molecule has 0 aromatic heterocycles. The van der Waals surface area contributed by atoms with E-state index in [2.05, 4.69) is 0 Å². The summed E-state index contributed by atoms with van der Waals surface area (Å²) < 4.78 is 55.0. The zero-order valence-corrected chi connectivity index (χ0v) is 21.2. The molecular formula is C24H22Cl2FNO6S. The van der Waals surface area contributed by atoms with Gasteiger partial charge in [-0.1, -0.05) is 35.3 Å². The zero-order valence-electron chi connectivity index (χ0n) is 18.8. The van der Waals surface area contributed by atoms with E-state index in [-0.39, 0.29) is 51.7 Å². The molecule has 0 spiro atoms. The van der Waals surface area contributed by atoms with Crippen LogP contribution >= 0.6 is 23.2 Å². The average Bonchev–Trinajstić information content (AvgIpc) is 2.83. The molecule has 3 rings (SSSR count). The molecule has 0 fully saturated rings. The first-order valence-electron chi connectivity index (χ1n) is 10.2. The lowest BCUT2D eigenvalue weighted by Gasteiger charge is -2.23. The Balaban J connectivity index is 1.90. The summed E-state index contributed by atoms with van der Waals surface area (Å²) in [5.41, 5.74) is 0.722. The molecule has 3 aromatic carbocycles. The number of ether oxygens (including phenoxy) is 2. The molecule has 0 heterocycles. The average molecular weight is 542 g/mol. The monoisotopic (exact) mass is 541 g/mol. The van der Waals surface area contributed by atoms with Crippen molar-refractivity contribution < 1.29 is 31.3 Å². The number of hydrogen-bond donors (Lipinski definition) is 0. The van der Waals surface area contributed by atoms with Gasteiger partial charge in [-0.2, -0.15) is 8.42 Å². The van der Waals surface area contributed by atoms with Crippen molar-refractivity contribution in [2.75, 3.05) is 27.4 Å². The summed E-state index contributed by atoms with van der Waals surface area (Å²) in [7, 11) is -1.41. The van der Waals surface area contributed by atoms with Crippen molar-refractivity contribution in [3.63, 3.8) is 0 Å². The van der Waals surface area contributed by atoms with Crippen LogP contribution in [0, 0.1) is 5.82 Å². The van der Waals surface area contributed by atoms with Gasteiger partial charge in [0.2, 0.25) is 0 Å². The smallest absolute Gasteiger partial charge is 0.339 e. The maximum Gasteiger partial charge on any atom is 0.339 e. The van der Waals surface area contributed by atoms with Gasteiger partial charge >= 0.3 is 10.1 Å². The van der Waals surface area contributed by atoms with Crippen molar-refractivity contribution in [2.45, 2.75) is 11.4 Å². The SMILES string of the molecule is COCCN(Cc1ccc(OC)c(OS(=O)(=O)c2ccc(Cl)c(Cl)c2)c1)C(=O)c1cccc(F)c1. The predicted octanol–water partition coefficient (Wildman–Crippen LogP) is 5.20. The lowest BCUT2D eigenvalue weighted by molar-refractivity contribution is 0.0679. The number of methoxy groups -OCH3 is 2. The van der Waals surface area contributed by atoms with E-state index >= 15 is 0 Å². The number of benzene rings is 3. The highest BCUT2D eigenvalue weighted by Crippen LogP contribution is 2.33. The Morgan fingerprint density at radius 1 is 0.971 bits per heavy atom. The first-order chi connectivity index (χ1) is 16.6. The van der Waals surface area contributed by atoms with Crippen LogP contribution in [0.1, 0.15) is 15.9 Å². The number of halogens is 3. The topological polar surface area (TPSA) is 82.1 Å². The molecule has 11 heteroatoms. The normalized spacial score (nSPS) is 11.2. The highest BCUT2D eigenvalue weighted by atomic mass is 35.5. The second kappa shape index (κ2) is 11.7. The number of hydrogen-bond acceptors (Lipinski definition) is 6. The summed E-state index contributed by atoms with van der Waals surface area (Å²) in [5.74, 6) is -0.864. The van der Waals surface area contributed by atoms with Crippen molar-refractivity contribution in [1.29, 1.82) is 0 Å². The quantitative estimate of drug-likeness (QED) is 0.328. The molecule has 0 aliphatic rings. The largest absolute Gasteiger partial charge is 0.493 e. The van der Waals surface area contributed by atoms with Crippen LogP contribution in [0.4, 0.5) is 4.39 Å². The van der Waals surface area contributed by atoms with Gasteiger partial charge in [-0.15, -0.1) is 0 Å². The third-order valence-corrected chi connectivity index (χ3v) is 6.87. The Kier molecular flexibility index (Phi) is 8.96. The van der Waals surface area contributed by atoms with Crippen LogP contribution in [0.3, 0.4) is 0 Å². The standard InChI is InChI=1S/C24H22Cl2FNO6S/c1-32-11-10-28(24(29)17-4-3-5-18(27)13-17)15-16-6-9-22(33-2)23(12-16)34-35(30,31)19-7-8-20(25)21(26)14-19/h3-9,12-14H,10-11,15H2,1-2H3. The fraction of sp³-hybridized carbons (Fsp3) is 0.208. The van der Waals surface area contributed by atoms with E-state index in [4.69, 9.17) is 36.9 Å².